The first kappa shape index (κ1) is 25.0. The smallest absolute Gasteiger partial charge is 0.267 e. The molecule has 2 fully saturated rings. The van der Waals surface area contributed by atoms with Crippen LogP contribution in [0.5, 0.6) is 0 Å². The van der Waals surface area contributed by atoms with E-state index in [-0.39, 0.29) is 18.0 Å². The Morgan fingerprint density at radius 2 is 1.86 bits per heavy atom. The number of rotatable bonds is 4. The third-order valence-corrected chi connectivity index (χ3v) is 8.34. The minimum Gasteiger partial charge on any atom is -0.355 e. The van der Waals surface area contributed by atoms with Crippen LogP contribution in [0.4, 0.5) is 5.82 Å². The number of thiocarbonyl (C=S) groups is 1. The Hall–Kier alpha value is -2.68. The van der Waals surface area contributed by atoms with E-state index in [0.29, 0.717) is 43.1 Å². The van der Waals surface area contributed by atoms with Crippen LogP contribution in [0.3, 0.4) is 0 Å². The van der Waals surface area contributed by atoms with Gasteiger partial charge in [0.05, 0.1) is 17.0 Å². The van der Waals surface area contributed by atoms with Crippen LogP contribution in [0.25, 0.3) is 11.7 Å². The van der Waals surface area contributed by atoms with Crippen LogP contribution in [0.2, 0.25) is 5.02 Å². The fraction of sp³-hybridized carbons (Fsp3) is 0.333. The zero-order valence-electron chi connectivity index (χ0n) is 20.4. The molecule has 2 aromatic heterocycles. The molecule has 0 saturated carbocycles. The average Bonchev–Trinajstić information content (AvgIpc) is 3.09. The summed E-state index contributed by atoms with van der Waals surface area (Å²) in [5.41, 5.74) is 2.58. The second kappa shape index (κ2) is 10.00. The number of thioether (sulfide) groups is 1. The predicted octanol–water partition coefficient (Wildman–Crippen LogP) is 5.54. The third-order valence-electron chi connectivity index (χ3n) is 6.59. The van der Waals surface area contributed by atoms with E-state index in [0.717, 1.165) is 30.6 Å². The number of aryl methyl sites for hydroxylation is 1. The predicted molar refractivity (Wildman–Crippen MR) is 152 cm³/mol. The Labute approximate surface area is 225 Å². The first-order valence-corrected chi connectivity index (χ1v) is 13.6. The molecular formula is C27H27ClN4O2S2. The molecule has 4 heterocycles. The summed E-state index contributed by atoms with van der Waals surface area (Å²) in [5, 5.41) is 0.582. The van der Waals surface area contributed by atoms with Crippen molar-refractivity contribution in [2.24, 2.45) is 11.8 Å². The highest BCUT2D eigenvalue weighted by atomic mass is 35.5. The van der Waals surface area contributed by atoms with Crippen molar-refractivity contribution in [1.29, 1.82) is 0 Å². The maximum atomic E-state index is 13.8. The highest BCUT2D eigenvalue weighted by Crippen LogP contribution is 2.36. The lowest BCUT2D eigenvalue weighted by Crippen LogP contribution is -2.40. The highest BCUT2D eigenvalue weighted by Gasteiger charge is 2.34. The normalized spacial score (nSPS) is 21.7. The number of carbonyl (C=O) groups is 1. The van der Waals surface area contributed by atoms with Crippen molar-refractivity contribution in [3.63, 3.8) is 0 Å². The van der Waals surface area contributed by atoms with Gasteiger partial charge < -0.3 is 4.90 Å². The van der Waals surface area contributed by atoms with E-state index in [1.807, 2.05) is 37.3 Å². The van der Waals surface area contributed by atoms with E-state index in [1.165, 1.54) is 16.7 Å². The van der Waals surface area contributed by atoms with Gasteiger partial charge in [-0.25, -0.2) is 4.98 Å². The fourth-order valence-corrected chi connectivity index (χ4v) is 6.45. The molecule has 2 aliphatic heterocycles. The molecule has 6 nitrogen and oxygen atoms in total. The zero-order chi connectivity index (χ0) is 25.6. The van der Waals surface area contributed by atoms with Crippen molar-refractivity contribution >= 4 is 63.3 Å². The molecule has 1 aromatic carbocycles. The van der Waals surface area contributed by atoms with Gasteiger partial charge in [-0.3, -0.25) is 18.9 Å². The number of nitrogens with zero attached hydrogens (tertiary/aromatic N) is 4. The Morgan fingerprint density at radius 3 is 2.58 bits per heavy atom. The lowest BCUT2D eigenvalue weighted by atomic mass is 9.91. The second-order valence-corrected chi connectivity index (χ2v) is 11.9. The Balaban J connectivity index is 1.59. The SMILES string of the molecule is Cc1ccc2nc(N3CC(C)CC(C)C3)c(C=C3SC(=S)N(Cc4ccccc4Cl)C3=O)c(=O)n2c1. The molecule has 2 aliphatic rings. The number of piperidine rings is 1. The molecule has 5 rings (SSSR count). The first-order valence-electron chi connectivity index (χ1n) is 12.0. The van der Waals surface area contributed by atoms with Crippen molar-refractivity contribution in [3.05, 3.63) is 79.6 Å². The van der Waals surface area contributed by atoms with Crippen molar-refractivity contribution in [3.8, 4) is 0 Å². The van der Waals surface area contributed by atoms with E-state index in [9.17, 15) is 9.59 Å². The van der Waals surface area contributed by atoms with Crippen LogP contribution in [0, 0.1) is 18.8 Å². The van der Waals surface area contributed by atoms with E-state index < -0.39 is 0 Å². The summed E-state index contributed by atoms with van der Waals surface area (Å²) in [6, 6.07) is 11.2. The van der Waals surface area contributed by atoms with Crippen LogP contribution in [-0.4, -0.2) is 37.6 Å². The molecule has 0 N–H and O–H groups in total. The van der Waals surface area contributed by atoms with E-state index in [1.54, 1.807) is 22.7 Å². The highest BCUT2D eigenvalue weighted by molar-refractivity contribution is 8.26. The summed E-state index contributed by atoms with van der Waals surface area (Å²) < 4.78 is 2.00. The molecule has 2 saturated heterocycles. The van der Waals surface area contributed by atoms with Crippen molar-refractivity contribution in [2.75, 3.05) is 18.0 Å². The van der Waals surface area contributed by atoms with Crippen molar-refractivity contribution in [2.45, 2.75) is 33.7 Å². The number of fused-ring (bicyclic) bond motifs is 1. The van der Waals surface area contributed by atoms with Gasteiger partial charge in [0, 0.05) is 24.3 Å². The average molecular weight is 539 g/mol. The van der Waals surface area contributed by atoms with E-state index >= 15 is 0 Å². The number of aromatic nitrogens is 2. The fourth-order valence-electron chi connectivity index (χ4n) is 5.01. The van der Waals surface area contributed by atoms with Gasteiger partial charge in [-0.1, -0.05) is 73.7 Å². The molecule has 186 valence electrons. The molecule has 1 amide bonds. The van der Waals surface area contributed by atoms with Gasteiger partial charge in [0.25, 0.3) is 11.5 Å². The molecule has 2 atom stereocenters. The Morgan fingerprint density at radius 1 is 1.14 bits per heavy atom. The van der Waals surface area contributed by atoms with Gasteiger partial charge >= 0.3 is 0 Å². The number of pyridine rings is 1. The van der Waals surface area contributed by atoms with Crippen LogP contribution in [0.1, 0.15) is 37.0 Å². The van der Waals surface area contributed by atoms with Gasteiger partial charge in [-0.2, -0.15) is 0 Å². The zero-order valence-corrected chi connectivity index (χ0v) is 22.8. The molecule has 0 bridgehead atoms. The summed E-state index contributed by atoms with van der Waals surface area (Å²) in [6.07, 6.45) is 4.60. The molecule has 9 heteroatoms. The summed E-state index contributed by atoms with van der Waals surface area (Å²) in [4.78, 5) is 36.2. The van der Waals surface area contributed by atoms with Gasteiger partial charge in [0.15, 0.2) is 0 Å². The second-order valence-electron chi connectivity index (χ2n) is 9.80. The summed E-state index contributed by atoms with van der Waals surface area (Å²) in [5.74, 6) is 1.35. The molecule has 2 unspecified atom stereocenters. The van der Waals surface area contributed by atoms with Crippen LogP contribution in [-0.2, 0) is 11.3 Å². The quantitative estimate of drug-likeness (QED) is 0.321. The first-order chi connectivity index (χ1) is 17.2. The van der Waals surface area contributed by atoms with Crippen LogP contribution in [0.15, 0.2) is 52.3 Å². The standard InChI is InChI=1S/C27H27ClN4O2S2/c1-16-8-9-23-29-24(30-12-17(2)10-18(3)13-30)20(25(33)31(23)14-16)11-22-26(34)32(27(35)36-22)15-19-6-4-5-7-21(19)28/h4-9,11,14,17-18H,10,12-13,15H2,1-3H3. The van der Waals surface area contributed by atoms with Crippen LogP contribution >= 0.6 is 35.6 Å². The third kappa shape index (κ3) is 4.82. The number of amides is 1. The molecule has 3 aromatic rings. The Bertz CT molecular complexity index is 1460. The van der Waals surface area contributed by atoms with E-state index in [4.69, 9.17) is 28.8 Å². The maximum Gasteiger partial charge on any atom is 0.267 e. The van der Waals surface area contributed by atoms with E-state index in [2.05, 4.69) is 18.7 Å². The summed E-state index contributed by atoms with van der Waals surface area (Å²) in [7, 11) is 0. The number of anilines is 1. The molecule has 0 radical (unpaired) electrons. The van der Waals surface area contributed by atoms with Crippen molar-refractivity contribution < 1.29 is 4.79 Å². The lowest BCUT2D eigenvalue weighted by Gasteiger charge is -2.36. The Kier molecular flexibility index (Phi) is 6.94. The number of halogens is 1. The molecular weight excluding hydrogens is 512 g/mol. The van der Waals surface area contributed by atoms with Gasteiger partial charge in [0.1, 0.15) is 15.8 Å². The number of benzene rings is 1. The number of carbonyl (C=O) groups excluding carboxylic acids is 1. The maximum absolute atomic E-state index is 13.8. The number of hydrogen-bond donors (Lipinski definition) is 0. The summed E-state index contributed by atoms with van der Waals surface area (Å²) >= 11 is 13.1. The topological polar surface area (TPSA) is 57.9 Å². The lowest BCUT2D eigenvalue weighted by molar-refractivity contribution is -0.122. The largest absolute Gasteiger partial charge is 0.355 e. The minimum atomic E-state index is -0.231. The molecule has 36 heavy (non-hydrogen) atoms. The van der Waals surface area contributed by atoms with Gasteiger partial charge in [-0.15, -0.1) is 0 Å². The minimum absolute atomic E-state index is 0.194. The van der Waals surface area contributed by atoms with Crippen LogP contribution < -0.4 is 10.5 Å². The monoisotopic (exact) mass is 538 g/mol. The molecule has 0 aliphatic carbocycles. The van der Waals surface area contributed by atoms with Crippen molar-refractivity contribution in [1.82, 2.24) is 14.3 Å². The van der Waals surface area contributed by atoms with Gasteiger partial charge in [-0.05, 0) is 54.5 Å². The number of hydrogen-bond acceptors (Lipinski definition) is 6. The summed E-state index contributed by atoms with van der Waals surface area (Å²) in [6.45, 7) is 8.29. The molecule has 0 spiro atoms. The van der Waals surface area contributed by atoms with Gasteiger partial charge in [0.2, 0.25) is 0 Å².